The van der Waals surface area contributed by atoms with E-state index >= 15 is 0 Å². The van der Waals surface area contributed by atoms with Crippen LogP contribution >= 0.6 is 0 Å². The summed E-state index contributed by atoms with van der Waals surface area (Å²) in [5.74, 6) is 4.10. The van der Waals surface area contributed by atoms with Gasteiger partial charge in [0.05, 0.1) is 6.61 Å². The molecule has 5 heteroatoms. The van der Waals surface area contributed by atoms with Crippen LogP contribution in [-0.2, 0) is 4.79 Å². The molecule has 6 N–H and O–H groups in total. The van der Waals surface area contributed by atoms with Crippen LogP contribution in [0.1, 0.15) is 0 Å². The predicted octanol–water partition coefficient (Wildman–Crippen LogP) is -2.70. The van der Waals surface area contributed by atoms with E-state index in [1.807, 2.05) is 0 Å². The fraction of sp³-hybridized carbons (Fsp3) is 0.667. The van der Waals surface area contributed by atoms with Gasteiger partial charge >= 0.3 is 0 Å². The van der Waals surface area contributed by atoms with E-state index in [2.05, 4.69) is 5.84 Å². The molecule has 0 aromatic carbocycles. The number of carbonyl (C=O) groups is 1. The van der Waals surface area contributed by atoms with Crippen molar-refractivity contribution < 1.29 is 9.90 Å². The van der Waals surface area contributed by atoms with Crippen LogP contribution in [-0.4, -0.2) is 23.7 Å². The Labute approximate surface area is 46.6 Å². The molecule has 1 unspecified atom stereocenters. The number of hydrogen-bond donors (Lipinski definition) is 4. The number of aliphatic hydroxyl groups excluding tert-OH is 1. The topological polar surface area (TPSA) is 101 Å². The number of amides is 1. The first kappa shape index (κ1) is 7.35. The summed E-state index contributed by atoms with van der Waals surface area (Å²) < 4.78 is 0. The molecule has 0 radical (unpaired) electrons. The molecule has 0 aliphatic heterocycles. The Hall–Kier alpha value is -0.650. The quantitative estimate of drug-likeness (QED) is 0.180. The Bertz CT molecular complexity index is 84.6. The third-order valence-electron chi connectivity index (χ3n) is 0.676. The number of hydrogen-bond acceptors (Lipinski definition) is 4. The molecule has 0 saturated heterocycles. The molecule has 0 fully saturated rings. The van der Waals surface area contributed by atoms with Crippen LogP contribution in [0.25, 0.3) is 0 Å². The first-order chi connectivity index (χ1) is 3.72. The molecule has 0 aliphatic rings. The molecule has 0 rings (SSSR count). The van der Waals surface area contributed by atoms with Crippen molar-refractivity contribution in [3.05, 3.63) is 0 Å². The summed E-state index contributed by atoms with van der Waals surface area (Å²) in [7, 11) is 0. The number of aliphatic hydroxyl groups is 1. The van der Waals surface area contributed by atoms with Crippen molar-refractivity contribution in [2.24, 2.45) is 11.6 Å². The molecule has 0 saturated carbocycles. The lowest BCUT2D eigenvalue weighted by Gasteiger charge is -2.03. The Morgan fingerprint density at radius 3 is 2.50 bits per heavy atom. The Balaban J connectivity index is 3.46. The van der Waals surface area contributed by atoms with Crippen LogP contribution in [0.15, 0.2) is 0 Å². The minimum absolute atomic E-state index is 0.386. The van der Waals surface area contributed by atoms with E-state index in [1.54, 1.807) is 5.43 Å². The van der Waals surface area contributed by atoms with Gasteiger partial charge in [0, 0.05) is 0 Å². The highest BCUT2D eigenvalue weighted by Crippen LogP contribution is 1.70. The molecule has 0 bridgehead atoms. The second kappa shape index (κ2) is 3.36. The van der Waals surface area contributed by atoms with Gasteiger partial charge in [-0.25, -0.2) is 5.84 Å². The van der Waals surface area contributed by atoms with Crippen molar-refractivity contribution in [2.75, 3.05) is 6.61 Å². The lowest BCUT2D eigenvalue weighted by molar-refractivity contribution is -0.123. The van der Waals surface area contributed by atoms with Crippen molar-refractivity contribution >= 4 is 5.91 Å². The Kier molecular flexibility index (Phi) is 3.09. The highest BCUT2D eigenvalue weighted by Gasteiger charge is 2.07. The summed E-state index contributed by atoms with van der Waals surface area (Å²) in [4.78, 5) is 10.2. The van der Waals surface area contributed by atoms with Crippen LogP contribution in [0.5, 0.6) is 0 Å². The SMILES string of the molecule is NNC(=O)C(N)CO. The second-order valence-corrected chi connectivity index (χ2v) is 1.30. The van der Waals surface area contributed by atoms with Gasteiger partial charge in [-0.3, -0.25) is 10.2 Å². The smallest absolute Gasteiger partial charge is 0.253 e. The van der Waals surface area contributed by atoms with Gasteiger partial charge < -0.3 is 10.8 Å². The molecule has 1 amide bonds. The normalized spacial score (nSPS) is 12.9. The summed E-state index contributed by atoms with van der Waals surface area (Å²) in [6, 6.07) is -0.903. The monoisotopic (exact) mass is 119 g/mol. The number of nitrogens with two attached hydrogens (primary N) is 2. The van der Waals surface area contributed by atoms with Gasteiger partial charge in [-0.1, -0.05) is 0 Å². The maximum Gasteiger partial charge on any atom is 0.253 e. The average molecular weight is 119 g/mol. The summed E-state index contributed by atoms with van der Waals surface area (Å²) in [6.07, 6.45) is 0. The van der Waals surface area contributed by atoms with E-state index in [0.717, 1.165) is 0 Å². The van der Waals surface area contributed by atoms with Crippen LogP contribution in [0.3, 0.4) is 0 Å². The van der Waals surface area contributed by atoms with Crippen molar-refractivity contribution in [1.82, 2.24) is 5.43 Å². The second-order valence-electron chi connectivity index (χ2n) is 1.30. The summed E-state index contributed by atoms with van der Waals surface area (Å²) in [5.41, 5.74) is 6.78. The molecule has 0 aromatic rings. The number of nitrogens with one attached hydrogen (secondary N) is 1. The third kappa shape index (κ3) is 1.87. The van der Waals surface area contributed by atoms with E-state index in [4.69, 9.17) is 10.8 Å². The maximum atomic E-state index is 10.2. The van der Waals surface area contributed by atoms with E-state index in [-0.39, 0.29) is 6.61 Å². The van der Waals surface area contributed by atoms with E-state index in [0.29, 0.717) is 0 Å². The standard InChI is InChI=1S/C3H9N3O2/c4-2(1-7)3(8)6-5/h2,7H,1,4-5H2,(H,6,8). The molecule has 8 heavy (non-hydrogen) atoms. The zero-order valence-electron chi connectivity index (χ0n) is 4.29. The molecular formula is C3H9N3O2. The van der Waals surface area contributed by atoms with Crippen molar-refractivity contribution in [1.29, 1.82) is 0 Å². The van der Waals surface area contributed by atoms with Gasteiger partial charge in [-0.05, 0) is 0 Å². The molecule has 0 aliphatic carbocycles. The molecule has 0 heterocycles. The Morgan fingerprint density at radius 1 is 1.88 bits per heavy atom. The zero-order valence-corrected chi connectivity index (χ0v) is 4.29. The molecule has 5 nitrogen and oxygen atoms in total. The van der Waals surface area contributed by atoms with Gasteiger partial charge in [-0.2, -0.15) is 0 Å². The van der Waals surface area contributed by atoms with Gasteiger partial charge in [0.25, 0.3) is 5.91 Å². The number of carbonyl (C=O) groups excluding carboxylic acids is 1. The van der Waals surface area contributed by atoms with Crippen LogP contribution in [0.4, 0.5) is 0 Å². The molecule has 1 atom stereocenters. The lowest BCUT2D eigenvalue weighted by atomic mass is 10.3. The largest absolute Gasteiger partial charge is 0.394 e. The highest BCUT2D eigenvalue weighted by molar-refractivity contribution is 5.80. The minimum atomic E-state index is -0.903. The predicted molar refractivity (Wildman–Crippen MR) is 27.4 cm³/mol. The molecular weight excluding hydrogens is 110 g/mol. The van der Waals surface area contributed by atoms with Crippen molar-refractivity contribution in [3.8, 4) is 0 Å². The third-order valence-corrected chi connectivity index (χ3v) is 0.676. The summed E-state index contributed by atoms with van der Waals surface area (Å²) >= 11 is 0. The first-order valence-corrected chi connectivity index (χ1v) is 2.09. The Morgan fingerprint density at radius 2 is 2.38 bits per heavy atom. The van der Waals surface area contributed by atoms with Crippen LogP contribution in [0.2, 0.25) is 0 Å². The van der Waals surface area contributed by atoms with E-state index in [9.17, 15) is 4.79 Å². The molecule has 0 aromatic heterocycles. The fourth-order valence-corrected chi connectivity index (χ4v) is 0.190. The average Bonchev–Trinajstić information content (AvgIpc) is 1.84. The summed E-state index contributed by atoms with van der Waals surface area (Å²) in [6.45, 7) is -0.386. The van der Waals surface area contributed by atoms with E-state index in [1.165, 1.54) is 0 Å². The van der Waals surface area contributed by atoms with Gasteiger partial charge in [0.15, 0.2) is 0 Å². The number of rotatable bonds is 2. The fourth-order valence-electron chi connectivity index (χ4n) is 0.190. The van der Waals surface area contributed by atoms with Gasteiger partial charge in [0.1, 0.15) is 6.04 Å². The number of hydrazine groups is 1. The molecule has 0 spiro atoms. The van der Waals surface area contributed by atoms with Crippen LogP contribution in [0, 0.1) is 0 Å². The van der Waals surface area contributed by atoms with Gasteiger partial charge in [0.2, 0.25) is 0 Å². The zero-order chi connectivity index (χ0) is 6.57. The van der Waals surface area contributed by atoms with Crippen molar-refractivity contribution in [2.45, 2.75) is 6.04 Å². The summed E-state index contributed by atoms with van der Waals surface area (Å²) in [5, 5.41) is 8.19. The minimum Gasteiger partial charge on any atom is -0.394 e. The highest BCUT2D eigenvalue weighted by atomic mass is 16.3. The van der Waals surface area contributed by atoms with Gasteiger partial charge in [-0.15, -0.1) is 0 Å². The van der Waals surface area contributed by atoms with Crippen molar-refractivity contribution in [3.63, 3.8) is 0 Å². The first-order valence-electron chi connectivity index (χ1n) is 2.09. The maximum absolute atomic E-state index is 10.2. The van der Waals surface area contributed by atoms with Crippen LogP contribution < -0.4 is 17.0 Å². The van der Waals surface area contributed by atoms with E-state index < -0.39 is 11.9 Å². The molecule has 48 valence electrons. The lowest BCUT2D eigenvalue weighted by Crippen LogP contribution is -2.45.